The first-order chi connectivity index (χ1) is 10.5. The molecule has 1 saturated heterocycles. The maximum absolute atomic E-state index is 13.1. The number of H-pyrrole nitrogens is 1. The largest absolute Gasteiger partial charge is 0.401 e. The van der Waals surface area contributed by atoms with Crippen LogP contribution in [0, 0.1) is 0 Å². The quantitative estimate of drug-likeness (QED) is 0.917. The topological polar surface area (TPSA) is 53.6 Å². The lowest BCUT2D eigenvalue weighted by Gasteiger charge is -2.27. The van der Waals surface area contributed by atoms with Crippen LogP contribution in [-0.2, 0) is 5.41 Å². The fraction of sp³-hybridized carbons (Fsp3) is 0.467. The molecule has 1 aliphatic carbocycles. The van der Waals surface area contributed by atoms with Crippen LogP contribution in [0.1, 0.15) is 30.1 Å². The van der Waals surface area contributed by atoms with Gasteiger partial charge in [-0.3, -0.25) is 0 Å². The Kier molecular flexibility index (Phi) is 2.84. The molecule has 2 fully saturated rings. The minimum absolute atomic E-state index is 0.0673. The number of hydrogen-bond donors (Lipinski definition) is 2. The van der Waals surface area contributed by atoms with Crippen LogP contribution in [0.2, 0.25) is 0 Å². The average molecular weight is 308 g/mol. The molecule has 2 N–H and O–H groups in total. The summed E-state index contributed by atoms with van der Waals surface area (Å²) in [6.45, 7) is 1.94. The fourth-order valence-electron chi connectivity index (χ4n) is 2.82. The highest BCUT2D eigenvalue weighted by molar-refractivity contribution is 5.55. The van der Waals surface area contributed by atoms with Gasteiger partial charge in [0, 0.05) is 24.6 Å². The maximum Gasteiger partial charge on any atom is 0.401 e. The number of alkyl halides is 3. The number of hydrogen-bond acceptors (Lipinski definition) is 3. The number of benzene rings is 1. The van der Waals surface area contributed by atoms with Gasteiger partial charge in [-0.2, -0.15) is 13.2 Å². The third-order valence-electron chi connectivity index (χ3n) is 4.67. The Morgan fingerprint density at radius 3 is 2.23 bits per heavy atom. The molecule has 116 valence electrons. The molecule has 22 heavy (non-hydrogen) atoms. The first kappa shape index (κ1) is 13.8. The standard InChI is InChI=1S/C15H15F3N4/c16-15(17,18)14(5-6-14)13-20-12(21-22-13)10-3-1-9(2-4-10)11-7-19-8-11/h1-4,11,19H,5-8H2,(H,20,21,22). The van der Waals surface area contributed by atoms with Crippen molar-refractivity contribution in [3.05, 3.63) is 35.7 Å². The van der Waals surface area contributed by atoms with Crippen LogP contribution in [0.3, 0.4) is 0 Å². The van der Waals surface area contributed by atoms with Gasteiger partial charge in [0.2, 0.25) is 0 Å². The van der Waals surface area contributed by atoms with E-state index in [1.807, 2.05) is 24.3 Å². The number of nitrogens with zero attached hydrogens (tertiary/aromatic N) is 2. The van der Waals surface area contributed by atoms with Gasteiger partial charge in [-0.05, 0) is 18.4 Å². The second-order valence-corrected chi connectivity index (χ2v) is 6.08. The lowest BCUT2D eigenvalue weighted by molar-refractivity contribution is -0.162. The predicted molar refractivity (Wildman–Crippen MR) is 74.4 cm³/mol. The summed E-state index contributed by atoms with van der Waals surface area (Å²) in [7, 11) is 0. The van der Waals surface area contributed by atoms with Crippen LogP contribution in [0.15, 0.2) is 24.3 Å². The summed E-state index contributed by atoms with van der Waals surface area (Å²) in [6.07, 6.45) is -4.11. The van der Waals surface area contributed by atoms with E-state index >= 15 is 0 Å². The lowest BCUT2D eigenvalue weighted by atomic mass is 9.93. The zero-order chi connectivity index (χ0) is 15.4. The SMILES string of the molecule is FC(F)(F)C1(c2nnc(-c3ccc(C4CNC4)cc3)[nH]2)CC1. The third kappa shape index (κ3) is 2.03. The fourth-order valence-corrected chi connectivity index (χ4v) is 2.82. The zero-order valence-corrected chi connectivity index (χ0v) is 11.7. The first-order valence-electron chi connectivity index (χ1n) is 7.30. The molecule has 0 radical (unpaired) electrons. The molecule has 0 unspecified atom stereocenters. The molecule has 1 aliphatic heterocycles. The number of rotatable bonds is 3. The van der Waals surface area contributed by atoms with E-state index in [2.05, 4.69) is 20.5 Å². The first-order valence-corrected chi connectivity index (χ1v) is 7.30. The van der Waals surface area contributed by atoms with Crippen molar-refractivity contribution in [1.82, 2.24) is 20.5 Å². The highest BCUT2D eigenvalue weighted by atomic mass is 19.4. The van der Waals surface area contributed by atoms with Crippen molar-refractivity contribution < 1.29 is 13.2 Å². The Morgan fingerprint density at radius 2 is 1.73 bits per heavy atom. The van der Waals surface area contributed by atoms with E-state index in [4.69, 9.17) is 0 Å². The number of nitrogens with one attached hydrogen (secondary N) is 2. The van der Waals surface area contributed by atoms with Gasteiger partial charge in [-0.1, -0.05) is 24.3 Å². The van der Waals surface area contributed by atoms with E-state index in [0.29, 0.717) is 11.7 Å². The minimum Gasteiger partial charge on any atom is -0.324 e. The Hall–Kier alpha value is -1.89. The van der Waals surface area contributed by atoms with Gasteiger partial charge in [0.1, 0.15) is 11.2 Å². The molecule has 2 heterocycles. The Balaban J connectivity index is 1.59. The highest BCUT2D eigenvalue weighted by Crippen LogP contribution is 2.57. The van der Waals surface area contributed by atoms with Gasteiger partial charge >= 0.3 is 6.18 Å². The zero-order valence-electron chi connectivity index (χ0n) is 11.7. The van der Waals surface area contributed by atoms with Gasteiger partial charge in [-0.25, -0.2) is 0 Å². The van der Waals surface area contributed by atoms with Crippen LogP contribution < -0.4 is 5.32 Å². The second-order valence-electron chi connectivity index (χ2n) is 6.08. The molecule has 1 aromatic carbocycles. The van der Waals surface area contributed by atoms with E-state index in [-0.39, 0.29) is 18.7 Å². The number of halogens is 3. The Morgan fingerprint density at radius 1 is 1.05 bits per heavy atom. The van der Waals surface area contributed by atoms with Gasteiger partial charge in [0.05, 0.1) is 0 Å². The molecular weight excluding hydrogens is 293 g/mol. The summed E-state index contributed by atoms with van der Waals surface area (Å²) in [5.41, 5.74) is 0.180. The summed E-state index contributed by atoms with van der Waals surface area (Å²) in [5.74, 6) is 0.852. The lowest BCUT2D eigenvalue weighted by Crippen LogP contribution is -2.39. The maximum atomic E-state index is 13.1. The summed E-state index contributed by atoms with van der Waals surface area (Å²) in [4.78, 5) is 2.76. The van der Waals surface area contributed by atoms with E-state index in [9.17, 15) is 13.2 Å². The number of aromatic amines is 1. The second kappa shape index (κ2) is 4.55. The van der Waals surface area contributed by atoms with Crippen molar-refractivity contribution in [3.63, 3.8) is 0 Å². The smallest absolute Gasteiger partial charge is 0.324 e. The van der Waals surface area contributed by atoms with Gasteiger partial charge < -0.3 is 10.3 Å². The molecule has 0 amide bonds. The Bertz CT molecular complexity index is 682. The van der Waals surface area contributed by atoms with Crippen LogP contribution in [0.25, 0.3) is 11.4 Å². The minimum atomic E-state index is -4.27. The highest BCUT2D eigenvalue weighted by Gasteiger charge is 2.66. The Labute approximate surface area is 125 Å². The van der Waals surface area contributed by atoms with Crippen molar-refractivity contribution in [2.75, 3.05) is 13.1 Å². The van der Waals surface area contributed by atoms with Gasteiger partial charge in [-0.15, -0.1) is 10.2 Å². The average Bonchev–Trinajstić information content (AvgIpc) is 3.10. The molecule has 0 bridgehead atoms. The van der Waals surface area contributed by atoms with E-state index in [1.54, 1.807) is 0 Å². The van der Waals surface area contributed by atoms with Crippen LogP contribution in [-0.4, -0.2) is 34.4 Å². The van der Waals surface area contributed by atoms with Crippen molar-refractivity contribution in [1.29, 1.82) is 0 Å². The third-order valence-corrected chi connectivity index (χ3v) is 4.67. The molecule has 2 aliphatic rings. The van der Waals surface area contributed by atoms with Crippen molar-refractivity contribution in [2.45, 2.75) is 30.4 Å². The van der Waals surface area contributed by atoms with Gasteiger partial charge in [0.25, 0.3) is 0 Å². The van der Waals surface area contributed by atoms with Gasteiger partial charge in [0.15, 0.2) is 5.82 Å². The molecule has 0 atom stereocenters. The molecule has 7 heteroatoms. The summed E-state index contributed by atoms with van der Waals surface area (Å²) >= 11 is 0. The predicted octanol–water partition coefficient (Wildman–Crippen LogP) is 2.75. The molecule has 2 aromatic rings. The molecule has 0 spiro atoms. The van der Waals surface area contributed by atoms with Crippen LogP contribution in [0.4, 0.5) is 13.2 Å². The van der Waals surface area contributed by atoms with E-state index < -0.39 is 11.6 Å². The molecule has 1 aromatic heterocycles. The summed E-state index contributed by atoms with van der Waals surface area (Å²) in [6, 6.07) is 7.76. The number of aromatic nitrogens is 3. The normalized spacial score (nSPS) is 20.7. The molecule has 4 nitrogen and oxygen atoms in total. The van der Waals surface area contributed by atoms with E-state index in [0.717, 1.165) is 18.7 Å². The van der Waals surface area contributed by atoms with Crippen LogP contribution in [0.5, 0.6) is 0 Å². The summed E-state index contributed by atoms with van der Waals surface area (Å²) in [5, 5.41) is 10.9. The molecule has 1 saturated carbocycles. The van der Waals surface area contributed by atoms with Crippen molar-refractivity contribution in [2.24, 2.45) is 0 Å². The van der Waals surface area contributed by atoms with Crippen molar-refractivity contribution >= 4 is 0 Å². The van der Waals surface area contributed by atoms with Crippen molar-refractivity contribution in [3.8, 4) is 11.4 Å². The monoisotopic (exact) mass is 308 g/mol. The van der Waals surface area contributed by atoms with Crippen LogP contribution >= 0.6 is 0 Å². The summed E-state index contributed by atoms with van der Waals surface area (Å²) < 4.78 is 39.3. The van der Waals surface area contributed by atoms with E-state index in [1.165, 1.54) is 5.56 Å². The molecular formula is C15H15F3N4. The molecule has 4 rings (SSSR count).